The zero-order valence-corrected chi connectivity index (χ0v) is 16.8. The molecule has 7 nitrogen and oxygen atoms in total. The maximum absolute atomic E-state index is 12.7. The lowest BCUT2D eigenvalue weighted by Crippen LogP contribution is -2.26. The number of nitrogens with zero attached hydrogens (tertiary/aromatic N) is 2. The molecule has 0 amide bonds. The Bertz CT molecular complexity index is 959. The number of benzene rings is 1. The normalized spacial score (nSPS) is 15.7. The number of aromatic nitrogens is 2. The van der Waals surface area contributed by atoms with Crippen LogP contribution in [0.15, 0.2) is 35.5 Å². The number of carbonyl (C=O) groups excluding carboxylic acids is 2. The van der Waals surface area contributed by atoms with Crippen LogP contribution in [0, 0.1) is 0 Å². The van der Waals surface area contributed by atoms with Gasteiger partial charge in [0.25, 0.3) is 0 Å². The molecule has 148 valence electrons. The number of methoxy groups -OCH3 is 2. The first-order chi connectivity index (χ1) is 13.4. The van der Waals surface area contributed by atoms with Crippen molar-refractivity contribution in [3.63, 3.8) is 0 Å². The minimum Gasteiger partial charge on any atom is -0.466 e. The van der Waals surface area contributed by atoms with Crippen molar-refractivity contribution >= 4 is 17.8 Å². The Morgan fingerprint density at radius 3 is 2.50 bits per heavy atom. The van der Waals surface area contributed by atoms with Crippen LogP contribution in [0.4, 0.5) is 5.82 Å². The third-order valence-electron chi connectivity index (χ3n) is 5.02. The number of esters is 2. The van der Waals surface area contributed by atoms with E-state index in [1.807, 2.05) is 26.1 Å². The maximum Gasteiger partial charge on any atom is 0.338 e. The molecule has 2 heterocycles. The smallest absolute Gasteiger partial charge is 0.338 e. The average Bonchev–Trinajstić information content (AvgIpc) is 3.01. The van der Waals surface area contributed by atoms with Crippen molar-refractivity contribution in [3.05, 3.63) is 57.9 Å². The Morgan fingerprint density at radius 2 is 1.86 bits per heavy atom. The predicted octanol–water partition coefficient (Wildman–Crippen LogP) is 3.16. The van der Waals surface area contributed by atoms with E-state index in [-0.39, 0.29) is 0 Å². The average molecular weight is 383 g/mol. The number of carbonyl (C=O) groups is 2. The van der Waals surface area contributed by atoms with Gasteiger partial charge in [-0.1, -0.05) is 31.5 Å². The van der Waals surface area contributed by atoms with Crippen LogP contribution in [0.2, 0.25) is 0 Å². The second-order valence-corrected chi connectivity index (χ2v) is 6.75. The molecule has 1 atom stereocenters. The lowest BCUT2D eigenvalue weighted by atomic mass is 9.79. The van der Waals surface area contributed by atoms with E-state index in [0.29, 0.717) is 22.4 Å². The van der Waals surface area contributed by atoms with Crippen molar-refractivity contribution in [2.45, 2.75) is 32.6 Å². The van der Waals surface area contributed by atoms with E-state index in [9.17, 15) is 9.59 Å². The molecule has 0 saturated carbocycles. The zero-order chi connectivity index (χ0) is 20.4. The minimum atomic E-state index is -0.478. The van der Waals surface area contributed by atoms with Crippen molar-refractivity contribution < 1.29 is 19.1 Å². The highest BCUT2D eigenvalue weighted by molar-refractivity contribution is 5.97. The summed E-state index contributed by atoms with van der Waals surface area (Å²) in [5.41, 5.74) is 4.05. The van der Waals surface area contributed by atoms with E-state index in [4.69, 9.17) is 9.47 Å². The Morgan fingerprint density at radius 1 is 1.18 bits per heavy atom. The molecule has 3 rings (SSSR count). The Balaban J connectivity index is 2.33. The van der Waals surface area contributed by atoms with Gasteiger partial charge < -0.3 is 14.8 Å². The van der Waals surface area contributed by atoms with Gasteiger partial charge in [0.1, 0.15) is 5.82 Å². The lowest BCUT2D eigenvalue weighted by molar-refractivity contribution is -0.136. The first kappa shape index (κ1) is 19.7. The molecule has 7 heteroatoms. The number of rotatable bonds is 5. The number of hydrogen-bond acceptors (Lipinski definition) is 6. The largest absolute Gasteiger partial charge is 0.466 e. The molecule has 1 aliphatic rings. The standard InChI is InChI=1S/C21H25N3O4/c1-6-9-15-18-17(13-10-7-8-11-14(13)20(25)27-4)16(21(26)28-5)12(2)22-19(18)24(3)23-15/h7-8,10-11,17,22H,6,9H2,1-5H3. The van der Waals surface area contributed by atoms with Crippen LogP contribution in [0.5, 0.6) is 0 Å². The highest BCUT2D eigenvalue weighted by Crippen LogP contribution is 2.45. The molecular formula is C21H25N3O4. The third kappa shape index (κ3) is 3.17. The van der Waals surface area contributed by atoms with Crippen LogP contribution in [0.3, 0.4) is 0 Å². The minimum absolute atomic E-state index is 0.420. The molecule has 2 aromatic rings. The molecule has 1 aromatic carbocycles. The van der Waals surface area contributed by atoms with E-state index < -0.39 is 17.9 Å². The molecule has 1 aliphatic heterocycles. The number of anilines is 1. The molecule has 0 saturated heterocycles. The van der Waals surface area contributed by atoms with E-state index in [0.717, 1.165) is 29.9 Å². The summed E-state index contributed by atoms with van der Waals surface area (Å²) in [7, 11) is 4.57. The van der Waals surface area contributed by atoms with Gasteiger partial charge in [0, 0.05) is 24.2 Å². The van der Waals surface area contributed by atoms with Crippen LogP contribution in [-0.4, -0.2) is 35.9 Å². The van der Waals surface area contributed by atoms with Crippen LogP contribution >= 0.6 is 0 Å². The molecule has 0 aliphatic carbocycles. The van der Waals surface area contributed by atoms with Gasteiger partial charge in [-0.3, -0.25) is 4.68 Å². The van der Waals surface area contributed by atoms with Crippen molar-refractivity contribution in [1.29, 1.82) is 0 Å². The summed E-state index contributed by atoms with van der Waals surface area (Å²) >= 11 is 0. The zero-order valence-electron chi connectivity index (χ0n) is 16.8. The monoisotopic (exact) mass is 383 g/mol. The first-order valence-electron chi connectivity index (χ1n) is 9.23. The molecule has 0 radical (unpaired) electrons. The molecular weight excluding hydrogens is 358 g/mol. The van der Waals surface area contributed by atoms with Gasteiger partial charge in [-0.15, -0.1) is 0 Å². The van der Waals surface area contributed by atoms with Gasteiger partial charge in [-0.05, 0) is 25.0 Å². The number of ether oxygens (including phenoxy) is 2. The van der Waals surface area contributed by atoms with Crippen LogP contribution in [0.25, 0.3) is 0 Å². The van der Waals surface area contributed by atoms with Crippen molar-refractivity contribution in [1.82, 2.24) is 9.78 Å². The van der Waals surface area contributed by atoms with E-state index in [1.165, 1.54) is 14.2 Å². The van der Waals surface area contributed by atoms with Gasteiger partial charge in [0.15, 0.2) is 0 Å². The molecule has 1 unspecified atom stereocenters. The summed E-state index contributed by atoms with van der Waals surface area (Å²) in [5, 5.41) is 7.96. The molecule has 0 fully saturated rings. The van der Waals surface area contributed by atoms with Gasteiger partial charge in [-0.2, -0.15) is 5.10 Å². The van der Waals surface area contributed by atoms with Gasteiger partial charge >= 0.3 is 11.9 Å². The summed E-state index contributed by atoms with van der Waals surface area (Å²) in [4.78, 5) is 25.2. The SMILES string of the molecule is CCCc1nn(C)c2c1C(c1ccccc1C(=O)OC)C(C(=O)OC)=C(C)N2. The quantitative estimate of drug-likeness (QED) is 0.799. The number of nitrogens with one attached hydrogen (secondary N) is 1. The Kier molecular flexibility index (Phi) is 5.53. The fourth-order valence-corrected chi connectivity index (χ4v) is 3.81. The van der Waals surface area contributed by atoms with E-state index in [2.05, 4.69) is 17.3 Å². The fourth-order valence-electron chi connectivity index (χ4n) is 3.81. The fraction of sp³-hybridized carbons (Fsp3) is 0.381. The molecule has 1 aromatic heterocycles. The van der Waals surface area contributed by atoms with Crippen LogP contribution < -0.4 is 5.32 Å². The van der Waals surface area contributed by atoms with Gasteiger partial charge in [-0.25, -0.2) is 9.59 Å². The topological polar surface area (TPSA) is 82.5 Å². The summed E-state index contributed by atoms with van der Waals surface area (Å²) in [6.45, 7) is 3.91. The van der Waals surface area contributed by atoms with Crippen LogP contribution in [-0.2, 0) is 27.7 Å². The van der Waals surface area contributed by atoms with Gasteiger partial charge in [0.05, 0.1) is 31.1 Å². The maximum atomic E-state index is 12.7. The second kappa shape index (κ2) is 7.88. The summed E-state index contributed by atoms with van der Waals surface area (Å²) < 4.78 is 11.8. The number of allylic oxidation sites excluding steroid dienone is 1. The van der Waals surface area contributed by atoms with Crippen molar-refractivity contribution in [2.75, 3.05) is 19.5 Å². The van der Waals surface area contributed by atoms with E-state index in [1.54, 1.807) is 16.8 Å². The number of fused-ring (bicyclic) bond motifs is 1. The second-order valence-electron chi connectivity index (χ2n) is 6.75. The highest BCUT2D eigenvalue weighted by atomic mass is 16.5. The predicted molar refractivity (Wildman–Crippen MR) is 105 cm³/mol. The highest BCUT2D eigenvalue weighted by Gasteiger charge is 2.38. The van der Waals surface area contributed by atoms with Crippen LogP contribution in [0.1, 0.15) is 53.4 Å². The Hall–Kier alpha value is -3.09. The van der Waals surface area contributed by atoms with Crippen molar-refractivity contribution in [2.24, 2.45) is 7.05 Å². The molecule has 1 N–H and O–H groups in total. The third-order valence-corrected chi connectivity index (χ3v) is 5.02. The summed E-state index contributed by atoms with van der Waals surface area (Å²) in [6, 6.07) is 7.19. The van der Waals surface area contributed by atoms with E-state index >= 15 is 0 Å². The summed E-state index contributed by atoms with van der Waals surface area (Å²) in [6.07, 6.45) is 1.67. The molecule has 28 heavy (non-hydrogen) atoms. The summed E-state index contributed by atoms with van der Waals surface area (Å²) in [5.74, 6) is -0.544. The number of aryl methyl sites for hydroxylation is 2. The first-order valence-corrected chi connectivity index (χ1v) is 9.23. The van der Waals surface area contributed by atoms with Gasteiger partial charge in [0.2, 0.25) is 0 Å². The molecule has 0 bridgehead atoms. The molecule has 0 spiro atoms. The number of hydrogen-bond donors (Lipinski definition) is 1. The van der Waals surface area contributed by atoms with Crippen molar-refractivity contribution in [3.8, 4) is 0 Å². The lowest BCUT2D eigenvalue weighted by Gasteiger charge is -2.29. The Labute approximate surface area is 164 Å².